The zero-order valence-electron chi connectivity index (χ0n) is 14.1. The van der Waals surface area contributed by atoms with E-state index in [1.165, 1.54) is 25.3 Å². The number of para-hydroxylation sites is 2. The van der Waals surface area contributed by atoms with Gasteiger partial charge in [0.2, 0.25) is 5.91 Å². The number of nitrogens with one attached hydrogen (secondary N) is 2. The molecule has 0 aromatic heterocycles. The predicted octanol–water partition coefficient (Wildman–Crippen LogP) is 3.05. The number of non-ortho nitro benzene ring substituents is 1. The summed E-state index contributed by atoms with van der Waals surface area (Å²) in [6, 6.07) is 10.6. The van der Waals surface area contributed by atoms with Crippen molar-refractivity contribution in [2.75, 3.05) is 24.9 Å². The van der Waals surface area contributed by atoms with Gasteiger partial charge in [-0.1, -0.05) is 12.1 Å². The Morgan fingerprint density at radius 3 is 2.36 bits per heavy atom. The maximum absolute atomic E-state index is 12.4. The van der Waals surface area contributed by atoms with Crippen LogP contribution in [0.5, 0.6) is 11.5 Å². The molecule has 0 radical (unpaired) electrons. The van der Waals surface area contributed by atoms with E-state index in [2.05, 4.69) is 10.6 Å². The highest BCUT2D eigenvalue weighted by molar-refractivity contribution is 5.97. The number of hydrogen-bond acceptors (Lipinski definition) is 6. The molecule has 2 rings (SSSR count). The van der Waals surface area contributed by atoms with Crippen molar-refractivity contribution in [1.29, 1.82) is 0 Å². The lowest BCUT2D eigenvalue weighted by atomic mass is 10.2. The van der Waals surface area contributed by atoms with Crippen LogP contribution in [0.1, 0.15) is 6.92 Å². The first kappa shape index (κ1) is 18.1. The van der Waals surface area contributed by atoms with Crippen molar-refractivity contribution in [2.24, 2.45) is 0 Å². The van der Waals surface area contributed by atoms with Gasteiger partial charge >= 0.3 is 0 Å². The number of methoxy groups -OCH3 is 2. The highest BCUT2D eigenvalue weighted by Crippen LogP contribution is 2.29. The molecule has 2 aromatic rings. The summed E-state index contributed by atoms with van der Waals surface area (Å²) in [6.07, 6.45) is 0. The Morgan fingerprint density at radius 2 is 1.72 bits per heavy atom. The maximum atomic E-state index is 12.4. The third kappa shape index (κ3) is 4.37. The number of carbonyl (C=O) groups excluding carboxylic acids is 1. The van der Waals surface area contributed by atoms with Crippen molar-refractivity contribution in [3.05, 3.63) is 52.6 Å². The molecule has 0 aliphatic rings. The van der Waals surface area contributed by atoms with Gasteiger partial charge in [0, 0.05) is 12.1 Å². The summed E-state index contributed by atoms with van der Waals surface area (Å²) < 4.78 is 10.4. The Hall–Kier alpha value is -3.29. The molecule has 0 unspecified atom stereocenters. The SMILES string of the molecule is COc1ccc([N+](=O)[O-])cc1NC(=O)[C@@H](C)Nc1ccccc1OC. The number of nitrogens with zero attached hydrogens (tertiary/aromatic N) is 1. The minimum atomic E-state index is -0.611. The van der Waals surface area contributed by atoms with Gasteiger partial charge in [0.15, 0.2) is 0 Å². The average Bonchev–Trinajstić information content (AvgIpc) is 2.61. The van der Waals surface area contributed by atoms with Crippen molar-refractivity contribution in [2.45, 2.75) is 13.0 Å². The van der Waals surface area contributed by atoms with Gasteiger partial charge in [-0.3, -0.25) is 14.9 Å². The molecule has 2 aromatic carbocycles. The molecule has 0 saturated heterocycles. The fraction of sp³-hybridized carbons (Fsp3) is 0.235. The fourth-order valence-electron chi connectivity index (χ4n) is 2.21. The highest BCUT2D eigenvalue weighted by Gasteiger charge is 2.18. The number of nitro groups is 1. The molecule has 0 heterocycles. The maximum Gasteiger partial charge on any atom is 0.271 e. The number of nitro benzene ring substituents is 1. The van der Waals surface area contributed by atoms with Crippen LogP contribution in [-0.4, -0.2) is 31.1 Å². The van der Waals surface area contributed by atoms with E-state index < -0.39 is 11.0 Å². The van der Waals surface area contributed by atoms with Crippen molar-refractivity contribution in [3.8, 4) is 11.5 Å². The van der Waals surface area contributed by atoms with Crippen LogP contribution < -0.4 is 20.1 Å². The van der Waals surface area contributed by atoms with E-state index in [-0.39, 0.29) is 17.3 Å². The van der Waals surface area contributed by atoms with Crippen LogP contribution in [0.4, 0.5) is 17.1 Å². The molecule has 132 valence electrons. The largest absolute Gasteiger partial charge is 0.495 e. The summed E-state index contributed by atoms with van der Waals surface area (Å²) in [5.41, 5.74) is 0.760. The molecular weight excluding hydrogens is 326 g/mol. The molecule has 8 nitrogen and oxygen atoms in total. The molecule has 0 aliphatic heterocycles. The topological polar surface area (TPSA) is 103 Å². The number of amides is 1. The predicted molar refractivity (Wildman–Crippen MR) is 94.4 cm³/mol. The normalized spacial score (nSPS) is 11.3. The number of carbonyl (C=O) groups is 1. The lowest BCUT2D eigenvalue weighted by molar-refractivity contribution is -0.384. The van der Waals surface area contributed by atoms with Crippen LogP contribution in [0.15, 0.2) is 42.5 Å². The monoisotopic (exact) mass is 345 g/mol. The molecule has 25 heavy (non-hydrogen) atoms. The summed E-state index contributed by atoms with van der Waals surface area (Å²) in [5.74, 6) is 0.572. The van der Waals surface area contributed by atoms with Crippen LogP contribution in [0.2, 0.25) is 0 Å². The van der Waals surface area contributed by atoms with E-state index >= 15 is 0 Å². The number of rotatable bonds is 7. The minimum Gasteiger partial charge on any atom is -0.495 e. The Kier molecular flexibility index (Phi) is 5.78. The van der Waals surface area contributed by atoms with E-state index in [1.807, 2.05) is 12.1 Å². The summed E-state index contributed by atoms with van der Waals surface area (Å²) >= 11 is 0. The Labute approximate surface area is 144 Å². The van der Waals surface area contributed by atoms with Crippen LogP contribution in [0, 0.1) is 10.1 Å². The van der Waals surface area contributed by atoms with Crippen LogP contribution in [-0.2, 0) is 4.79 Å². The van der Waals surface area contributed by atoms with E-state index in [9.17, 15) is 14.9 Å². The van der Waals surface area contributed by atoms with Crippen LogP contribution in [0.25, 0.3) is 0 Å². The van der Waals surface area contributed by atoms with Gasteiger partial charge in [-0.15, -0.1) is 0 Å². The Bertz CT molecular complexity index is 779. The molecule has 0 bridgehead atoms. The van der Waals surface area contributed by atoms with Crippen LogP contribution >= 0.6 is 0 Å². The third-order valence-electron chi connectivity index (χ3n) is 3.52. The van der Waals surface area contributed by atoms with E-state index in [4.69, 9.17) is 9.47 Å². The Morgan fingerprint density at radius 1 is 1.08 bits per heavy atom. The molecule has 0 aliphatic carbocycles. The summed E-state index contributed by atoms with van der Waals surface area (Å²) in [7, 11) is 2.96. The van der Waals surface area contributed by atoms with Gasteiger partial charge in [-0.05, 0) is 25.1 Å². The lowest BCUT2D eigenvalue weighted by Crippen LogP contribution is -2.32. The van der Waals surface area contributed by atoms with Gasteiger partial charge in [0.1, 0.15) is 17.5 Å². The van der Waals surface area contributed by atoms with Gasteiger partial charge in [0.05, 0.1) is 30.5 Å². The van der Waals surface area contributed by atoms with E-state index in [1.54, 1.807) is 26.2 Å². The quantitative estimate of drug-likeness (QED) is 0.590. The molecule has 0 spiro atoms. The van der Waals surface area contributed by atoms with Gasteiger partial charge in [0.25, 0.3) is 5.69 Å². The fourth-order valence-corrected chi connectivity index (χ4v) is 2.21. The van der Waals surface area contributed by atoms with Crippen molar-refractivity contribution < 1.29 is 19.2 Å². The molecule has 1 atom stereocenters. The van der Waals surface area contributed by atoms with E-state index in [0.717, 1.165) is 0 Å². The molecular formula is C17H19N3O5. The van der Waals surface area contributed by atoms with Gasteiger partial charge in [-0.25, -0.2) is 0 Å². The van der Waals surface area contributed by atoms with Crippen LogP contribution in [0.3, 0.4) is 0 Å². The number of anilines is 2. The standard InChI is InChI=1S/C17H19N3O5/c1-11(18-13-6-4-5-7-15(13)24-2)17(21)19-14-10-12(20(22)23)8-9-16(14)25-3/h4-11,18H,1-3H3,(H,19,21)/t11-/m1/s1. The summed E-state index contributed by atoms with van der Waals surface area (Å²) in [6.45, 7) is 1.67. The minimum absolute atomic E-state index is 0.138. The first-order valence-electron chi connectivity index (χ1n) is 7.49. The number of hydrogen-bond donors (Lipinski definition) is 2. The molecule has 8 heteroatoms. The number of ether oxygens (including phenoxy) is 2. The highest BCUT2D eigenvalue weighted by atomic mass is 16.6. The van der Waals surface area contributed by atoms with Gasteiger partial charge in [-0.2, -0.15) is 0 Å². The zero-order chi connectivity index (χ0) is 18.4. The third-order valence-corrected chi connectivity index (χ3v) is 3.52. The zero-order valence-corrected chi connectivity index (χ0v) is 14.1. The average molecular weight is 345 g/mol. The second-order valence-electron chi connectivity index (χ2n) is 5.20. The van der Waals surface area contributed by atoms with Crippen molar-refractivity contribution >= 4 is 23.0 Å². The van der Waals surface area contributed by atoms with Crippen molar-refractivity contribution in [1.82, 2.24) is 0 Å². The smallest absolute Gasteiger partial charge is 0.271 e. The first-order chi connectivity index (χ1) is 12.0. The molecule has 0 saturated carbocycles. The van der Waals surface area contributed by atoms with E-state index in [0.29, 0.717) is 17.2 Å². The molecule has 0 fully saturated rings. The summed E-state index contributed by atoms with van der Waals surface area (Å²) in [4.78, 5) is 22.8. The lowest BCUT2D eigenvalue weighted by Gasteiger charge is -2.18. The molecule has 1 amide bonds. The second-order valence-corrected chi connectivity index (χ2v) is 5.20. The Balaban J connectivity index is 2.15. The van der Waals surface area contributed by atoms with Gasteiger partial charge < -0.3 is 20.1 Å². The first-order valence-corrected chi connectivity index (χ1v) is 7.49. The second kappa shape index (κ2) is 8.00. The number of benzene rings is 2. The van der Waals surface area contributed by atoms with Crippen molar-refractivity contribution in [3.63, 3.8) is 0 Å². The molecule has 2 N–H and O–H groups in total. The summed E-state index contributed by atoms with van der Waals surface area (Å²) in [5, 5.41) is 16.6.